The van der Waals surface area contributed by atoms with Crippen LogP contribution in [0, 0.1) is 0 Å². The van der Waals surface area contributed by atoms with Gasteiger partial charge in [0, 0.05) is 6.20 Å². The van der Waals surface area contributed by atoms with Gasteiger partial charge in [0.2, 0.25) is 0 Å². The van der Waals surface area contributed by atoms with Crippen LogP contribution in [-0.4, -0.2) is 4.98 Å². The van der Waals surface area contributed by atoms with E-state index in [-0.39, 0.29) is 0 Å². The van der Waals surface area contributed by atoms with Gasteiger partial charge >= 0.3 is 0 Å². The average Bonchev–Trinajstić information content (AvgIpc) is 2.49. The van der Waals surface area contributed by atoms with Crippen molar-refractivity contribution in [1.29, 1.82) is 0 Å². The molecule has 2 aromatic heterocycles. The maximum atomic E-state index is 5.84. The van der Waals surface area contributed by atoms with Crippen molar-refractivity contribution >= 4 is 38.5 Å². The Kier molecular flexibility index (Phi) is 2.07. The summed E-state index contributed by atoms with van der Waals surface area (Å²) in [7, 11) is 0. The van der Waals surface area contributed by atoms with Crippen molar-refractivity contribution in [2.24, 2.45) is 0 Å². The predicted octanol–water partition coefficient (Wildman–Crippen LogP) is 3.38. The minimum atomic E-state index is 0.489. The van der Waals surface area contributed by atoms with E-state index in [1.165, 1.54) is 0 Å². The molecule has 2 rings (SSSR count). The third kappa shape index (κ3) is 1.23. The summed E-state index contributed by atoms with van der Waals surface area (Å²) in [5, 5.41) is 2.05. The first-order valence-corrected chi connectivity index (χ1v) is 4.90. The fraction of sp³-hybridized carbons (Fsp3) is 0.125. The molecule has 0 radical (unpaired) electrons. The molecule has 0 saturated heterocycles. The van der Waals surface area contributed by atoms with Gasteiger partial charge in [-0.05, 0) is 12.1 Å². The topological polar surface area (TPSA) is 26.0 Å². The van der Waals surface area contributed by atoms with Crippen LogP contribution >= 0.6 is 27.5 Å². The van der Waals surface area contributed by atoms with E-state index in [0.717, 1.165) is 16.7 Å². The summed E-state index contributed by atoms with van der Waals surface area (Å²) in [5.74, 6) is 0.861. The van der Waals surface area contributed by atoms with Crippen LogP contribution in [-0.2, 0) is 5.33 Å². The van der Waals surface area contributed by atoms with Crippen molar-refractivity contribution in [3.05, 3.63) is 29.2 Å². The lowest BCUT2D eigenvalue weighted by Crippen LogP contribution is -1.71. The molecule has 0 spiro atoms. The first-order chi connectivity index (χ1) is 5.81. The van der Waals surface area contributed by atoms with E-state index in [4.69, 9.17) is 16.0 Å². The number of hydrogen-bond donors (Lipinski definition) is 0. The highest BCUT2D eigenvalue weighted by molar-refractivity contribution is 9.08. The van der Waals surface area contributed by atoms with Gasteiger partial charge < -0.3 is 4.42 Å². The number of pyridine rings is 1. The number of hydrogen-bond acceptors (Lipinski definition) is 2. The summed E-state index contributed by atoms with van der Waals surface area (Å²) >= 11 is 9.14. The standard InChI is InChI=1S/C8H5BrClNO/c9-4-5-3-6-7(12-5)1-2-11-8(6)10/h1-3H,4H2. The van der Waals surface area contributed by atoms with Crippen LogP contribution in [0.15, 0.2) is 22.7 Å². The smallest absolute Gasteiger partial charge is 0.140 e. The zero-order valence-corrected chi connectivity index (χ0v) is 8.39. The number of alkyl halides is 1. The van der Waals surface area contributed by atoms with Crippen molar-refractivity contribution in [2.75, 3.05) is 0 Å². The van der Waals surface area contributed by atoms with Gasteiger partial charge in [-0.3, -0.25) is 0 Å². The Morgan fingerprint density at radius 3 is 3.08 bits per heavy atom. The lowest BCUT2D eigenvalue weighted by Gasteiger charge is -1.87. The number of furan rings is 1. The highest BCUT2D eigenvalue weighted by Gasteiger charge is 2.05. The zero-order valence-electron chi connectivity index (χ0n) is 6.05. The van der Waals surface area contributed by atoms with Crippen molar-refractivity contribution < 1.29 is 4.42 Å². The van der Waals surface area contributed by atoms with Crippen LogP contribution in [0.4, 0.5) is 0 Å². The number of halogens is 2. The summed E-state index contributed by atoms with van der Waals surface area (Å²) < 4.78 is 5.43. The van der Waals surface area contributed by atoms with Crippen LogP contribution in [0.2, 0.25) is 5.15 Å². The van der Waals surface area contributed by atoms with Gasteiger partial charge in [0.1, 0.15) is 16.5 Å². The van der Waals surface area contributed by atoms with Crippen LogP contribution < -0.4 is 0 Å². The number of nitrogens with zero attached hydrogens (tertiary/aromatic N) is 1. The second-order valence-electron chi connectivity index (χ2n) is 2.36. The minimum Gasteiger partial charge on any atom is -0.460 e. The Bertz CT molecular complexity index is 412. The van der Waals surface area contributed by atoms with E-state index in [0.29, 0.717) is 10.5 Å². The molecule has 0 N–H and O–H groups in total. The van der Waals surface area contributed by atoms with Crippen molar-refractivity contribution in [3.63, 3.8) is 0 Å². The first-order valence-electron chi connectivity index (χ1n) is 3.40. The molecule has 0 aliphatic rings. The number of aromatic nitrogens is 1. The van der Waals surface area contributed by atoms with Gasteiger partial charge in [0.15, 0.2) is 0 Å². The molecule has 2 aromatic rings. The zero-order chi connectivity index (χ0) is 8.55. The average molecular weight is 246 g/mol. The Morgan fingerprint density at radius 2 is 2.42 bits per heavy atom. The number of fused-ring (bicyclic) bond motifs is 1. The molecule has 4 heteroatoms. The summed E-state index contributed by atoms with van der Waals surface area (Å²) in [6.45, 7) is 0. The van der Waals surface area contributed by atoms with Gasteiger partial charge in [-0.25, -0.2) is 4.98 Å². The van der Waals surface area contributed by atoms with E-state index in [9.17, 15) is 0 Å². The molecule has 0 aliphatic carbocycles. The Labute approximate surface area is 82.7 Å². The fourth-order valence-electron chi connectivity index (χ4n) is 1.05. The number of rotatable bonds is 1. The van der Waals surface area contributed by atoms with E-state index in [1.54, 1.807) is 12.3 Å². The molecule has 62 valence electrons. The predicted molar refractivity (Wildman–Crippen MR) is 51.7 cm³/mol. The second kappa shape index (κ2) is 3.07. The molecule has 0 aromatic carbocycles. The Balaban J connectivity index is 2.74. The van der Waals surface area contributed by atoms with E-state index < -0.39 is 0 Å². The molecule has 0 unspecified atom stereocenters. The second-order valence-corrected chi connectivity index (χ2v) is 3.28. The van der Waals surface area contributed by atoms with E-state index in [1.807, 2.05) is 6.07 Å². The molecule has 0 bridgehead atoms. The van der Waals surface area contributed by atoms with Gasteiger partial charge in [-0.2, -0.15) is 0 Å². The van der Waals surface area contributed by atoms with E-state index >= 15 is 0 Å². The summed E-state index contributed by atoms with van der Waals surface area (Å²) in [6.07, 6.45) is 1.63. The Hall–Kier alpha value is -0.540. The van der Waals surface area contributed by atoms with Crippen LogP contribution in [0.1, 0.15) is 5.76 Å². The van der Waals surface area contributed by atoms with Crippen molar-refractivity contribution in [1.82, 2.24) is 4.98 Å². The third-order valence-corrected chi connectivity index (χ3v) is 2.43. The highest BCUT2D eigenvalue weighted by atomic mass is 79.9. The third-order valence-electron chi connectivity index (χ3n) is 1.58. The molecular weight excluding hydrogens is 241 g/mol. The summed E-state index contributed by atoms with van der Waals surface area (Å²) in [4.78, 5) is 3.95. The first kappa shape index (κ1) is 8.08. The largest absolute Gasteiger partial charge is 0.460 e. The molecule has 0 fully saturated rings. The molecule has 2 heterocycles. The maximum absolute atomic E-state index is 5.84. The van der Waals surface area contributed by atoms with Crippen LogP contribution in [0.25, 0.3) is 11.0 Å². The SMILES string of the molecule is Clc1nccc2oc(CBr)cc12. The van der Waals surface area contributed by atoms with E-state index in [2.05, 4.69) is 20.9 Å². The molecule has 0 aliphatic heterocycles. The van der Waals surface area contributed by atoms with Crippen molar-refractivity contribution in [2.45, 2.75) is 5.33 Å². The fourth-order valence-corrected chi connectivity index (χ4v) is 1.53. The van der Waals surface area contributed by atoms with Gasteiger partial charge in [-0.1, -0.05) is 27.5 Å². The Morgan fingerprint density at radius 1 is 1.58 bits per heavy atom. The van der Waals surface area contributed by atoms with Crippen LogP contribution in [0.5, 0.6) is 0 Å². The van der Waals surface area contributed by atoms with Crippen LogP contribution in [0.3, 0.4) is 0 Å². The van der Waals surface area contributed by atoms with Gasteiger partial charge in [-0.15, -0.1) is 0 Å². The summed E-state index contributed by atoms with van der Waals surface area (Å²) in [5.41, 5.74) is 0.782. The molecule has 12 heavy (non-hydrogen) atoms. The molecular formula is C8H5BrClNO. The molecule has 2 nitrogen and oxygen atoms in total. The maximum Gasteiger partial charge on any atom is 0.140 e. The minimum absolute atomic E-state index is 0.489. The lowest BCUT2D eigenvalue weighted by atomic mass is 10.3. The summed E-state index contributed by atoms with van der Waals surface area (Å²) in [6, 6.07) is 3.69. The van der Waals surface area contributed by atoms with Crippen molar-refractivity contribution in [3.8, 4) is 0 Å². The quantitative estimate of drug-likeness (QED) is 0.569. The normalized spacial score (nSPS) is 10.8. The monoisotopic (exact) mass is 245 g/mol. The van der Waals surface area contributed by atoms with Gasteiger partial charge in [0.05, 0.1) is 10.7 Å². The molecule has 0 atom stereocenters. The highest BCUT2D eigenvalue weighted by Crippen LogP contribution is 2.25. The molecule has 0 amide bonds. The lowest BCUT2D eigenvalue weighted by molar-refractivity contribution is 0.575. The van der Waals surface area contributed by atoms with Gasteiger partial charge in [0.25, 0.3) is 0 Å². The molecule has 0 saturated carbocycles.